The predicted molar refractivity (Wildman–Crippen MR) is 79.5 cm³/mol. The van der Waals surface area contributed by atoms with Crippen molar-refractivity contribution in [3.63, 3.8) is 0 Å². The van der Waals surface area contributed by atoms with Crippen molar-refractivity contribution in [3.05, 3.63) is 64.1 Å². The van der Waals surface area contributed by atoms with Gasteiger partial charge in [-0.3, -0.25) is 0 Å². The molecule has 0 saturated heterocycles. The standard InChI is InChI=1S/C15H12BrClF2O/c16-12-6-4-10(5-7-12)8-14(17)11-2-1-3-13(9-11)20-15(18)19/h1-7,9,14-15H,8H2. The molecule has 0 saturated carbocycles. The Morgan fingerprint density at radius 1 is 1.10 bits per heavy atom. The molecule has 0 spiro atoms. The van der Waals surface area contributed by atoms with E-state index in [-0.39, 0.29) is 11.1 Å². The van der Waals surface area contributed by atoms with E-state index in [9.17, 15) is 8.78 Å². The van der Waals surface area contributed by atoms with E-state index >= 15 is 0 Å². The molecule has 2 rings (SSSR count). The quantitative estimate of drug-likeness (QED) is 0.632. The van der Waals surface area contributed by atoms with Gasteiger partial charge in [0, 0.05) is 4.47 Å². The summed E-state index contributed by atoms with van der Waals surface area (Å²) < 4.78 is 29.7. The number of rotatable bonds is 5. The van der Waals surface area contributed by atoms with E-state index in [0.717, 1.165) is 15.6 Å². The predicted octanol–water partition coefficient (Wildman–Crippen LogP) is 5.57. The Bertz CT molecular complexity index is 560. The summed E-state index contributed by atoms with van der Waals surface area (Å²) in [5.74, 6) is 0.124. The second-order valence-electron chi connectivity index (χ2n) is 4.25. The van der Waals surface area contributed by atoms with Crippen LogP contribution in [0.15, 0.2) is 53.0 Å². The van der Waals surface area contributed by atoms with Crippen LogP contribution in [0.3, 0.4) is 0 Å². The highest BCUT2D eigenvalue weighted by Gasteiger charge is 2.11. The van der Waals surface area contributed by atoms with Crippen molar-refractivity contribution in [2.45, 2.75) is 18.4 Å². The summed E-state index contributed by atoms with van der Waals surface area (Å²) in [5, 5.41) is -0.294. The Morgan fingerprint density at radius 3 is 2.45 bits per heavy atom. The smallest absolute Gasteiger partial charge is 0.387 e. The lowest BCUT2D eigenvalue weighted by Crippen LogP contribution is -2.03. The minimum absolute atomic E-state index is 0.124. The van der Waals surface area contributed by atoms with Crippen molar-refractivity contribution in [2.75, 3.05) is 0 Å². The number of benzene rings is 2. The maximum Gasteiger partial charge on any atom is 0.387 e. The van der Waals surface area contributed by atoms with Crippen molar-refractivity contribution in [2.24, 2.45) is 0 Å². The second-order valence-corrected chi connectivity index (χ2v) is 5.69. The van der Waals surface area contributed by atoms with Gasteiger partial charge in [-0.1, -0.05) is 40.2 Å². The summed E-state index contributed by atoms with van der Waals surface area (Å²) in [6.07, 6.45) is 0.618. The molecule has 20 heavy (non-hydrogen) atoms. The number of halogens is 4. The molecule has 0 aliphatic rings. The Kier molecular flexibility index (Phi) is 5.38. The third-order valence-corrected chi connectivity index (χ3v) is 3.71. The number of hydrogen-bond acceptors (Lipinski definition) is 1. The summed E-state index contributed by atoms with van der Waals surface area (Å²) in [4.78, 5) is 0. The fourth-order valence-electron chi connectivity index (χ4n) is 1.83. The summed E-state index contributed by atoms with van der Waals surface area (Å²) >= 11 is 9.70. The zero-order valence-corrected chi connectivity index (χ0v) is 12.7. The maximum absolute atomic E-state index is 12.2. The monoisotopic (exact) mass is 360 g/mol. The number of alkyl halides is 3. The van der Waals surface area contributed by atoms with Crippen molar-refractivity contribution >= 4 is 27.5 Å². The van der Waals surface area contributed by atoms with Gasteiger partial charge in [-0.25, -0.2) is 0 Å². The number of hydrogen-bond donors (Lipinski definition) is 0. The summed E-state index contributed by atoms with van der Waals surface area (Å²) in [6, 6.07) is 14.3. The molecule has 0 bridgehead atoms. The maximum atomic E-state index is 12.2. The molecule has 2 aromatic rings. The normalized spacial score (nSPS) is 12.4. The Hall–Kier alpha value is -1.13. The average molecular weight is 362 g/mol. The van der Waals surface area contributed by atoms with E-state index < -0.39 is 6.61 Å². The van der Waals surface area contributed by atoms with E-state index in [1.54, 1.807) is 18.2 Å². The minimum atomic E-state index is -2.83. The van der Waals surface area contributed by atoms with Gasteiger partial charge in [-0.2, -0.15) is 8.78 Å². The fourth-order valence-corrected chi connectivity index (χ4v) is 2.41. The van der Waals surface area contributed by atoms with Crippen molar-refractivity contribution in [3.8, 4) is 5.75 Å². The van der Waals surface area contributed by atoms with Gasteiger partial charge in [0.05, 0.1) is 5.38 Å². The van der Waals surface area contributed by atoms with Crippen molar-refractivity contribution in [1.29, 1.82) is 0 Å². The molecule has 0 aliphatic carbocycles. The van der Waals surface area contributed by atoms with Crippen LogP contribution in [-0.2, 0) is 6.42 Å². The van der Waals surface area contributed by atoms with Crippen molar-refractivity contribution in [1.82, 2.24) is 0 Å². The molecule has 2 aromatic carbocycles. The van der Waals surface area contributed by atoms with Gasteiger partial charge in [-0.15, -0.1) is 11.6 Å². The lowest BCUT2D eigenvalue weighted by Gasteiger charge is -2.12. The molecule has 0 aliphatic heterocycles. The van der Waals surface area contributed by atoms with Gasteiger partial charge in [0.1, 0.15) is 5.75 Å². The summed E-state index contributed by atoms with van der Waals surface area (Å²) in [6.45, 7) is -2.83. The van der Waals surface area contributed by atoms with Gasteiger partial charge >= 0.3 is 6.61 Å². The van der Waals surface area contributed by atoms with Crippen LogP contribution in [0.1, 0.15) is 16.5 Å². The Balaban J connectivity index is 2.08. The van der Waals surface area contributed by atoms with Crippen molar-refractivity contribution < 1.29 is 13.5 Å². The van der Waals surface area contributed by atoms with E-state index in [4.69, 9.17) is 11.6 Å². The Labute approximate surface area is 129 Å². The zero-order valence-electron chi connectivity index (χ0n) is 10.4. The fraction of sp³-hybridized carbons (Fsp3) is 0.200. The Morgan fingerprint density at radius 2 is 1.80 bits per heavy atom. The average Bonchev–Trinajstić information content (AvgIpc) is 2.41. The molecule has 0 radical (unpaired) electrons. The van der Waals surface area contributed by atoms with E-state index in [1.807, 2.05) is 24.3 Å². The van der Waals surface area contributed by atoms with Crippen LogP contribution in [0.2, 0.25) is 0 Å². The van der Waals surface area contributed by atoms with E-state index in [0.29, 0.717) is 6.42 Å². The van der Waals surface area contributed by atoms with E-state index in [2.05, 4.69) is 20.7 Å². The van der Waals surface area contributed by atoms with Gasteiger partial charge in [0.15, 0.2) is 0 Å². The first-order chi connectivity index (χ1) is 9.54. The van der Waals surface area contributed by atoms with Gasteiger partial charge < -0.3 is 4.74 Å². The highest BCUT2D eigenvalue weighted by Crippen LogP contribution is 2.28. The largest absolute Gasteiger partial charge is 0.435 e. The second kappa shape index (κ2) is 7.04. The zero-order chi connectivity index (χ0) is 14.5. The van der Waals surface area contributed by atoms with E-state index in [1.165, 1.54) is 6.07 Å². The lowest BCUT2D eigenvalue weighted by atomic mass is 10.0. The van der Waals surface area contributed by atoms with Crippen LogP contribution in [0.4, 0.5) is 8.78 Å². The van der Waals surface area contributed by atoms with Gasteiger partial charge in [-0.05, 0) is 41.8 Å². The molecule has 1 nitrogen and oxygen atoms in total. The van der Waals surface area contributed by atoms with Crippen LogP contribution >= 0.6 is 27.5 Å². The molecule has 0 amide bonds. The first kappa shape index (κ1) is 15.3. The molecule has 0 N–H and O–H groups in total. The molecule has 1 unspecified atom stereocenters. The molecule has 106 valence electrons. The highest BCUT2D eigenvalue weighted by molar-refractivity contribution is 9.10. The minimum Gasteiger partial charge on any atom is -0.435 e. The molecular weight excluding hydrogens is 350 g/mol. The summed E-state index contributed by atoms with van der Waals surface area (Å²) in [7, 11) is 0. The molecular formula is C15H12BrClF2O. The van der Waals surface area contributed by atoms with Crippen LogP contribution in [-0.4, -0.2) is 6.61 Å². The summed E-state index contributed by atoms with van der Waals surface area (Å²) in [5.41, 5.74) is 1.83. The molecule has 5 heteroatoms. The molecule has 1 atom stereocenters. The van der Waals surface area contributed by atoms with Gasteiger partial charge in [0.25, 0.3) is 0 Å². The SMILES string of the molecule is FC(F)Oc1cccc(C(Cl)Cc2ccc(Br)cc2)c1. The molecule has 0 fully saturated rings. The van der Waals surface area contributed by atoms with Crippen LogP contribution < -0.4 is 4.74 Å². The first-order valence-corrected chi connectivity index (χ1v) is 7.21. The molecule has 0 aromatic heterocycles. The van der Waals surface area contributed by atoms with Crippen LogP contribution in [0.5, 0.6) is 5.75 Å². The highest BCUT2D eigenvalue weighted by atomic mass is 79.9. The third kappa shape index (κ3) is 4.46. The molecule has 0 heterocycles. The van der Waals surface area contributed by atoms with Gasteiger partial charge in [0.2, 0.25) is 0 Å². The first-order valence-electron chi connectivity index (χ1n) is 5.98. The lowest BCUT2D eigenvalue weighted by molar-refractivity contribution is -0.0498. The van der Waals surface area contributed by atoms with Crippen LogP contribution in [0.25, 0.3) is 0 Å². The topological polar surface area (TPSA) is 9.23 Å². The number of ether oxygens (including phenoxy) is 1. The third-order valence-electron chi connectivity index (χ3n) is 2.77. The van der Waals surface area contributed by atoms with Crippen LogP contribution in [0, 0.1) is 0 Å².